The van der Waals surface area contributed by atoms with E-state index in [2.05, 4.69) is 26.0 Å². The molecule has 3 rings (SSSR count). The van der Waals surface area contributed by atoms with Gasteiger partial charge in [-0.05, 0) is 24.3 Å². The van der Waals surface area contributed by atoms with Gasteiger partial charge >= 0.3 is 0 Å². The summed E-state index contributed by atoms with van der Waals surface area (Å²) in [6.45, 7) is 0. The number of ether oxygens (including phenoxy) is 1. The summed E-state index contributed by atoms with van der Waals surface area (Å²) in [5.74, 6) is 1.46. The van der Waals surface area contributed by atoms with E-state index in [0.717, 1.165) is 21.4 Å². The highest BCUT2D eigenvalue weighted by molar-refractivity contribution is 9.10. The Kier molecular flexibility index (Phi) is 2.76. The third-order valence-electron chi connectivity index (χ3n) is 2.64. The number of nitrogens with zero attached hydrogens (tertiary/aromatic N) is 3. The summed E-state index contributed by atoms with van der Waals surface area (Å²) in [5.41, 5.74) is 1.79. The second-order valence-corrected chi connectivity index (χ2v) is 4.73. The molecule has 18 heavy (non-hydrogen) atoms. The third kappa shape index (κ3) is 1.97. The van der Waals surface area contributed by atoms with Crippen LogP contribution in [0.25, 0.3) is 17.0 Å². The zero-order valence-electron chi connectivity index (χ0n) is 9.67. The molecule has 0 aliphatic rings. The number of aromatic nitrogens is 3. The first-order valence-electron chi connectivity index (χ1n) is 5.42. The van der Waals surface area contributed by atoms with Gasteiger partial charge in [0.2, 0.25) is 0 Å². The van der Waals surface area contributed by atoms with Crippen LogP contribution in [0.3, 0.4) is 0 Å². The fourth-order valence-corrected chi connectivity index (χ4v) is 1.97. The second kappa shape index (κ2) is 4.42. The van der Waals surface area contributed by atoms with Crippen LogP contribution in [0.4, 0.5) is 0 Å². The van der Waals surface area contributed by atoms with E-state index in [1.54, 1.807) is 11.6 Å². The van der Waals surface area contributed by atoms with Gasteiger partial charge < -0.3 is 4.74 Å². The van der Waals surface area contributed by atoms with E-state index in [0.29, 0.717) is 5.82 Å². The van der Waals surface area contributed by atoms with Gasteiger partial charge in [0, 0.05) is 10.0 Å². The van der Waals surface area contributed by atoms with Crippen molar-refractivity contribution < 1.29 is 4.74 Å². The molecule has 0 bridgehead atoms. The predicted molar refractivity (Wildman–Crippen MR) is 72.7 cm³/mol. The maximum Gasteiger partial charge on any atom is 0.182 e. The average molecular weight is 304 g/mol. The van der Waals surface area contributed by atoms with Crippen molar-refractivity contribution in [3.05, 3.63) is 47.1 Å². The number of rotatable bonds is 2. The van der Waals surface area contributed by atoms with Crippen LogP contribution in [0, 0.1) is 0 Å². The quantitative estimate of drug-likeness (QED) is 0.730. The molecule has 0 radical (unpaired) electrons. The molecule has 3 aromatic rings. The Balaban J connectivity index is 2.10. The van der Waals surface area contributed by atoms with Crippen molar-refractivity contribution in [2.75, 3.05) is 7.11 Å². The van der Waals surface area contributed by atoms with Crippen molar-refractivity contribution in [3.8, 4) is 17.1 Å². The van der Waals surface area contributed by atoms with Crippen LogP contribution in [-0.4, -0.2) is 21.7 Å². The van der Waals surface area contributed by atoms with E-state index in [1.165, 1.54) is 0 Å². The Morgan fingerprint density at radius 2 is 1.89 bits per heavy atom. The summed E-state index contributed by atoms with van der Waals surface area (Å²) in [4.78, 5) is 4.47. The van der Waals surface area contributed by atoms with Gasteiger partial charge in [-0.1, -0.05) is 28.1 Å². The first-order chi connectivity index (χ1) is 8.76. The van der Waals surface area contributed by atoms with Gasteiger partial charge in [0.05, 0.1) is 13.3 Å². The topological polar surface area (TPSA) is 39.4 Å². The van der Waals surface area contributed by atoms with E-state index in [9.17, 15) is 0 Å². The van der Waals surface area contributed by atoms with Crippen molar-refractivity contribution in [1.82, 2.24) is 14.6 Å². The number of methoxy groups -OCH3 is 1. The molecule has 0 fully saturated rings. The predicted octanol–water partition coefficient (Wildman–Crippen LogP) is 3.17. The van der Waals surface area contributed by atoms with E-state index < -0.39 is 0 Å². The van der Waals surface area contributed by atoms with E-state index in [4.69, 9.17) is 4.74 Å². The molecular weight excluding hydrogens is 294 g/mol. The molecule has 0 saturated heterocycles. The summed E-state index contributed by atoms with van der Waals surface area (Å²) >= 11 is 3.41. The molecule has 2 aromatic heterocycles. The second-order valence-electron chi connectivity index (χ2n) is 3.81. The number of hydrogen-bond acceptors (Lipinski definition) is 3. The molecule has 4 nitrogen and oxygen atoms in total. The van der Waals surface area contributed by atoms with Crippen LogP contribution in [0.15, 0.2) is 47.1 Å². The van der Waals surface area contributed by atoms with Crippen molar-refractivity contribution in [3.63, 3.8) is 0 Å². The largest absolute Gasteiger partial charge is 0.495 e. The average Bonchev–Trinajstić information content (AvgIpc) is 2.82. The minimum Gasteiger partial charge on any atom is -0.495 e. The van der Waals surface area contributed by atoms with Gasteiger partial charge in [-0.2, -0.15) is 0 Å². The Morgan fingerprint density at radius 1 is 1.11 bits per heavy atom. The standard InChI is InChI=1S/C13H10BrN3O/c1-18-11-6-7-12-15-13(16-17(12)8-11)9-2-4-10(14)5-3-9/h2-8H,1H3. The SMILES string of the molecule is COc1ccc2nc(-c3ccc(Br)cc3)nn2c1. The highest BCUT2D eigenvalue weighted by Gasteiger charge is 2.06. The molecule has 2 heterocycles. The number of hydrogen-bond donors (Lipinski definition) is 0. The first kappa shape index (κ1) is 11.2. The molecule has 0 spiro atoms. The zero-order chi connectivity index (χ0) is 12.5. The first-order valence-corrected chi connectivity index (χ1v) is 6.22. The van der Waals surface area contributed by atoms with Gasteiger partial charge in [-0.3, -0.25) is 0 Å². The smallest absolute Gasteiger partial charge is 0.182 e. The van der Waals surface area contributed by atoms with Crippen LogP contribution in [0.1, 0.15) is 0 Å². The van der Waals surface area contributed by atoms with Crippen molar-refractivity contribution in [2.24, 2.45) is 0 Å². The lowest BCUT2D eigenvalue weighted by atomic mass is 10.2. The Labute approximate surface area is 112 Å². The Morgan fingerprint density at radius 3 is 2.61 bits per heavy atom. The lowest BCUT2D eigenvalue weighted by Crippen LogP contribution is -1.90. The molecule has 0 aliphatic heterocycles. The molecule has 1 aromatic carbocycles. The maximum atomic E-state index is 5.16. The van der Waals surface area contributed by atoms with Crippen molar-refractivity contribution in [1.29, 1.82) is 0 Å². The third-order valence-corrected chi connectivity index (χ3v) is 3.17. The summed E-state index contributed by atoms with van der Waals surface area (Å²) in [7, 11) is 1.63. The van der Waals surface area contributed by atoms with Gasteiger partial charge in [0.15, 0.2) is 11.5 Å². The minimum atomic E-state index is 0.704. The fourth-order valence-electron chi connectivity index (χ4n) is 1.71. The van der Waals surface area contributed by atoms with Crippen molar-refractivity contribution in [2.45, 2.75) is 0 Å². The lowest BCUT2D eigenvalue weighted by Gasteiger charge is -1.97. The van der Waals surface area contributed by atoms with Gasteiger partial charge in [0.1, 0.15) is 5.75 Å². The van der Waals surface area contributed by atoms with Crippen LogP contribution in [0.5, 0.6) is 5.75 Å². The molecule has 0 N–H and O–H groups in total. The highest BCUT2D eigenvalue weighted by atomic mass is 79.9. The minimum absolute atomic E-state index is 0.704. The van der Waals surface area contributed by atoms with Crippen LogP contribution in [-0.2, 0) is 0 Å². The monoisotopic (exact) mass is 303 g/mol. The highest BCUT2D eigenvalue weighted by Crippen LogP contribution is 2.20. The molecule has 90 valence electrons. The van der Waals surface area contributed by atoms with Gasteiger partial charge in [-0.15, -0.1) is 5.10 Å². The number of pyridine rings is 1. The summed E-state index contributed by atoms with van der Waals surface area (Å²) in [5, 5.41) is 4.43. The van der Waals surface area contributed by atoms with Crippen LogP contribution >= 0.6 is 15.9 Å². The van der Waals surface area contributed by atoms with E-state index in [-0.39, 0.29) is 0 Å². The molecular formula is C13H10BrN3O. The summed E-state index contributed by atoms with van der Waals surface area (Å²) in [6.07, 6.45) is 1.81. The van der Waals surface area contributed by atoms with Crippen LogP contribution < -0.4 is 4.74 Å². The Hall–Kier alpha value is -1.88. The molecule has 0 saturated carbocycles. The Bertz CT molecular complexity index is 691. The number of fused-ring (bicyclic) bond motifs is 1. The molecule has 5 heteroatoms. The van der Waals surface area contributed by atoms with Gasteiger partial charge in [0.25, 0.3) is 0 Å². The lowest BCUT2D eigenvalue weighted by molar-refractivity contribution is 0.411. The molecule has 0 atom stereocenters. The fraction of sp³-hybridized carbons (Fsp3) is 0.0769. The molecule has 0 amide bonds. The van der Waals surface area contributed by atoms with Crippen molar-refractivity contribution >= 4 is 21.6 Å². The maximum absolute atomic E-state index is 5.16. The number of halogens is 1. The number of benzene rings is 1. The van der Waals surface area contributed by atoms with Crippen LogP contribution in [0.2, 0.25) is 0 Å². The summed E-state index contributed by atoms with van der Waals surface area (Å²) in [6, 6.07) is 11.7. The van der Waals surface area contributed by atoms with E-state index in [1.807, 2.05) is 42.6 Å². The molecule has 0 aliphatic carbocycles. The van der Waals surface area contributed by atoms with E-state index >= 15 is 0 Å². The summed E-state index contributed by atoms with van der Waals surface area (Å²) < 4.78 is 7.92. The normalized spacial score (nSPS) is 10.8. The zero-order valence-corrected chi connectivity index (χ0v) is 11.3. The molecule has 0 unspecified atom stereocenters. The van der Waals surface area contributed by atoms with Gasteiger partial charge in [-0.25, -0.2) is 9.50 Å².